The fourth-order valence-electron chi connectivity index (χ4n) is 1.53. The third kappa shape index (κ3) is 3.63. The van der Waals surface area contributed by atoms with Crippen molar-refractivity contribution in [2.45, 2.75) is 26.4 Å². The highest BCUT2D eigenvalue weighted by atomic mass is 127. The average Bonchev–Trinajstić information content (AvgIpc) is 2.41. The first-order valence-electron chi connectivity index (χ1n) is 6.00. The van der Waals surface area contributed by atoms with Gasteiger partial charge in [0.25, 0.3) is 0 Å². The third-order valence-electron chi connectivity index (χ3n) is 2.56. The second-order valence-corrected chi connectivity index (χ2v) is 5.65. The highest BCUT2D eigenvalue weighted by Gasteiger charge is 2.10. The summed E-state index contributed by atoms with van der Waals surface area (Å²) in [4.78, 5) is 8.57. The number of hydrogen-bond acceptors (Lipinski definition) is 4. The van der Waals surface area contributed by atoms with Crippen LogP contribution in [-0.4, -0.2) is 15.1 Å². The van der Waals surface area contributed by atoms with E-state index in [1.165, 1.54) is 0 Å². The summed E-state index contributed by atoms with van der Waals surface area (Å²) < 4.78 is 6.84. The molecule has 0 fully saturated rings. The van der Waals surface area contributed by atoms with Crippen LogP contribution in [0, 0.1) is 3.57 Å². The molecule has 0 saturated heterocycles. The lowest BCUT2D eigenvalue weighted by Gasteiger charge is -2.11. The molecule has 0 atom stereocenters. The Labute approximate surface area is 126 Å². The van der Waals surface area contributed by atoms with Gasteiger partial charge >= 0.3 is 0 Å². The monoisotopic (exact) mass is 370 g/mol. The van der Waals surface area contributed by atoms with Gasteiger partial charge in [-0.3, -0.25) is 0 Å². The van der Waals surface area contributed by atoms with Crippen LogP contribution < -0.4 is 4.74 Å². The van der Waals surface area contributed by atoms with Crippen LogP contribution >= 0.6 is 22.6 Å². The highest BCUT2D eigenvalue weighted by Crippen LogP contribution is 2.25. The third-order valence-corrected chi connectivity index (χ3v) is 3.27. The fourth-order valence-corrected chi connectivity index (χ4v) is 1.89. The number of nitrogens with zero attached hydrogens (tertiary/aromatic N) is 2. The molecule has 1 aromatic heterocycles. The van der Waals surface area contributed by atoms with E-state index >= 15 is 0 Å². The summed E-state index contributed by atoms with van der Waals surface area (Å²) in [6.45, 7) is 3.86. The molecule has 1 heterocycles. The van der Waals surface area contributed by atoms with Crippen LogP contribution in [0.4, 0.5) is 0 Å². The van der Waals surface area contributed by atoms with Crippen molar-refractivity contribution in [1.29, 1.82) is 0 Å². The molecule has 0 bridgehead atoms. The van der Waals surface area contributed by atoms with Gasteiger partial charge in [0.05, 0.1) is 12.8 Å². The van der Waals surface area contributed by atoms with Crippen LogP contribution in [0.3, 0.4) is 0 Å². The van der Waals surface area contributed by atoms with Gasteiger partial charge in [0.1, 0.15) is 17.3 Å². The molecule has 0 radical (unpaired) electrons. The quantitative estimate of drug-likeness (QED) is 0.838. The molecule has 0 aliphatic rings. The van der Waals surface area contributed by atoms with Gasteiger partial charge in [-0.25, -0.2) is 9.97 Å². The summed E-state index contributed by atoms with van der Waals surface area (Å²) in [5.41, 5.74) is 0.511. The van der Waals surface area contributed by atoms with Crippen LogP contribution in [0.2, 0.25) is 0 Å². The molecule has 100 valence electrons. The number of aromatic nitrogens is 2. The van der Waals surface area contributed by atoms with Crippen molar-refractivity contribution < 1.29 is 9.84 Å². The van der Waals surface area contributed by atoms with Gasteiger partial charge in [0.15, 0.2) is 5.75 Å². The van der Waals surface area contributed by atoms with Crippen LogP contribution in [0.1, 0.15) is 31.3 Å². The zero-order valence-electron chi connectivity index (χ0n) is 10.8. The molecule has 2 aromatic rings. The van der Waals surface area contributed by atoms with E-state index in [0.717, 1.165) is 3.57 Å². The molecular weight excluding hydrogens is 355 g/mol. The van der Waals surface area contributed by atoms with Gasteiger partial charge in [-0.2, -0.15) is 0 Å². The summed E-state index contributed by atoms with van der Waals surface area (Å²) in [5.74, 6) is 2.13. The molecule has 0 aliphatic heterocycles. The first-order chi connectivity index (χ1) is 9.10. The van der Waals surface area contributed by atoms with E-state index in [-0.39, 0.29) is 12.5 Å². The van der Waals surface area contributed by atoms with Crippen molar-refractivity contribution in [3.8, 4) is 11.5 Å². The first kappa shape index (κ1) is 14.2. The second kappa shape index (κ2) is 6.29. The zero-order chi connectivity index (χ0) is 13.8. The molecule has 5 heteroatoms. The molecular formula is C14H15IN2O2. The minimum atomic E-state index is -0.165. The summed E-state index contributed by atoms with van der Waals surface area (Å²) >= 11 is 2.23. The largest absolute Gasteiger partial charge is 0.454 e. The number of aliphatic hydroxyl groups excluding tert-OH is 1. The van der Waals surface area contributed by atoms with Crippen LogP contribution in [-0.2, 0) is 6.61 Å². The van der Waals surface area contributed by atoms with E-state index in [2.05, 4.69) is 32.6 Å². The predicted octanol–water partition coefficient (Wildman–Crippen LogP) is 3.49. The summed E-state index contributed by atoms with van der Waals surface area (Å²) in [5, 5.41) is 9.38. The van der Waals surface area contributed by atoms with Crippen LogP contribution in [0.5, 0.6) is 11.5 Å². The van der Waals surface area contributed by atoms with E-state index in [9.17, 15) is 5.11 Å². The molecule has 4 nitrogen and oxygen atoms in total. The van der Waals surface area contributed by atoms with Crippen molar-refractivity contribution in [3.05, 3.63) is 45.6 Å². The molecule has 0 aliphatic carbocycles. The Morgan fingerprint density at radius 1 is 1.26 bits per heavy atom. The number of ether oxygens (including phenoxy) is 1. The van der Waals surface area contributed by atoms with Gasteiger partial charge in [-0.05, 0) is 46.9 Å². The molecule has 2 rings (SSSR count). The van der Waals surface area contributed by atoms with Crippen molar-refractivity contribution in [2.24, 2.45) is 0 Å². The minimum Gasteiger partial charge on any atom is -0.454 e. The zero-order valence-corrected chi connectivity index (χ0v) is 13.0. The number of benzene rings is 1. The lowest BCUT2D eigenvalue weighted by Crippen LogP contribution is -2.03. The highest BCUT2D eigenvalue weighted by molar-refractivity contribution is 14.1. The Balaban J connectivity index is 2.27. The number of aliphatic hydroxyl groups is 1. The van der Waals surface area contributed by atoms with Gasteiger partial charge in [0.2, 0.25) is 0 Å². The molecule has 1 aromatic carbocycles. The molecule has 19 heavy (non-hydrogen) atoms. The maximum atomic E-state index is 9.38. The molecule has 0 unspecified atom stereocenters. The summed E-state index contributed by atoms with van der Waals surface area (Å²) in [7, 11) is 0. The SMILES string of the molecule is CC(C)c1ncc(Oc2ccc(I)cc2)c(CO)n1. The van der Waals surface area contributed by atoms with Crippen molar-refractivity contribution >= 4 is 22.6 Å². The Morgan fingerprint density at radius 3 is 2.53 bits per heavy atom. The lowest BCUT2D eigenvalue weighted by molar-refractivity contribution is 0.270. The molecule has 0 spiro atoms. The van der Waals surface area contributed by atoms with Crippen LogP contribution in [0.25, 0.3) is 0 Å². The van der Waals surface area contributed by atoms with E-state index in [4.69, 9.17) is 4.74 Å². The lowest BCUT2D eigenvalue weighted by atomic mass is 10.2. The van der Waals surface area contributed by atoms with E-state index in [1.54, 1.807) is 6.20 Å². The first-order valence-corrected chi connectivity index (χ1v) is 7.08. The predicted molar refractivity (Wildman–Crippen MR) is 81.3 cm³/mol. The maximum Gasteiger partial charge on any atom is 0.169 e. The van der Waals surface area contributed by atoms with Gasteiger partial charge in [-0.15, -0.1) is 0 Å². The van der Waals surface area contributed by atoms with E-state index in [1.807, 2.05) is 38.1 Å². The Morgan fingerprint density at radius 2 is 1.95 bits per heavy atom. The summed E-state index contributed by atoms with van der Waals surface area (Å²) in [6, 6.07) is 7.66. The minimum absolute atomic E-state index is 0.165. The number of hydrogen-bond donors (Lipinski definition) is 1. The molecule has 0 saturated carbocycles. The summed E-state index contributed by atoms with van der Waals surface area (Å²) in [6.07, 6.45) is 1.62. The van der Waals surface area contributed by atoms with E-state index in [0.29, 0.717) is 23.0 Å². The van der Waals surface area contributed by atoms with E-state index < -0.39 is 0 Å². The molecule has 0 amide bonds. The normalized spacial score (nSPS) is 10.8. The van der Waals surface area contributed by atoms with Crippen molar-refractivity contribution in [3.63, 3.8) is 0 Å². The van der Waals surface area contributed by atoms with Crippen LogP contribution in [0.15, 0.2) is 30.5 Å². The van der Waals surface area contributed by atoms with Gasteiger partial charge in [-0.1, -0.05) is 13.8 Å². The Bertz CT molecular complexity index is 556. The molecule has 1 N–H and O–H groups in total. The Hall–Kier alpha value is -1.21. The number of rotatable bonds is 4. The van der Waals surface area contributed by atoms with Crippen molar-refractivity contribution in [2.75, 3.05) is 0 Å². The van der Waals surface area contributed by atoms with Crippen molar-refractivity contribution in [1.82, 2.24) is 9.97 Å². The average molecular weight is 370 g/mol. The second-order valence-electron chi connectivity index (χ2n) is 4.41. The van der Waals surface area contributed by atoms with Gasteiger partial charge in [0, 0.05) is 9.49 Å². The number of halogens is 1. The topological polar surface area (TPSA) is 55.2 Å². The maximum absolute atomic E-state index is 9.38. The van der Waals surface area contributed by atoms with Gasteiger partial charge < -0.3 is 9.84 Å². The smallest absolute Gasteiger partial charge is 0.169 e. The standard InChI is InChI=1S/C14H15IN2O2/c1-9(2)14-16-7-13(12(8-18)17-14)19-11-5-3-10(15)4-6-11/h3-7,9,18H,8H2,1-2H3. The Kier molecular flexibility index (Phi) is 4.71. The fraction of sp³-hybridized carbons (Fsp3) is 0.286.